The highest BCUT2D eigenvalue weighted by atomic mass is 15.2. The van der Waals surface area contributed by atoms with E-state index in [0.29, 0.717) is 6.04 Å². The second-order valence-corrected chi connectivity index (χ2v) is 6.61. The Balaban J connectivity index is 2.42. The van der Waals surface area contributed by atoms with Gasteiger partial charge in [0.25, 0.3) is 0 Å². The number of hydrogen-bond acceptors (Lipinski definition) is 2. The molecule has 1 fully saturated rings. The minimum absolute atomic E-state index is 0.544. The van der Waals surface area contributed by atoms with Crippen molar-refractivity contribution in [1.82, 2.24) is 5.43 Å². The molecule has 1 aliphatic rings. The zero-order valence-electron chi connectivity index (χ0n) is 12.9. The van der Waals surface area contributed by atoms with Gasteiger partial charge in [0.1, 0.15) is 0 Å². The maximum atomic E-state index is 5.81. The third kappa shape index (κ3) is 4.55. The Morgan fingerprint density at radius 2 is 1.50 bits per heavy atom. The monoisotopic (exact) mass is 254 g/mol. The number of nitrogens with two attached hydrogens (primary N) is 1. The van der Waals surface area contributed by atoms with Gasteiger partial charge in [-0.1, -0.05) is 40.5 Å². The first-order chi connectivity index (χ1) is 8.62. The van der Waals surface area contributed by atoms with E-state index in [4.69, 9.17) is 5.84 Å². The number of nitrogens with one attached hydrogen (secondary N) is 1. The van der Waals surface area contributed by atoms with E-state index in [9.17, 15) is 0 Å². The van der Waals surface area contributed by atoms with Gasteiger partial charge < -0.3 is 0 Å². The Bertz CT molecular complexity index is 203. The molecule has 2 heteroatoms. The van der Waals surface area contributed by atoms with E-state index in [2.05, 4.69) is 33.1 Å². The van der Waals surface area contributed by atoms with Crippen LogP contribution < -0.4 is 11.3 Å². The fourth-order valence-corrected chi connectivity index (χ4v) is 3.59. The zero-order valence-corrected chi connectivity index (χ0v) is 12.9. The van der Waals surface area contributed by atoms with Crippen LogP contribution in [0.4, 0.5) is 0 Å². The largest absolute Gasteiger partial charge is 0.271 e. The molecular weight excluding hydrogens is 220 g/mol. The fourth-order valence-electron chi connectivity index (χ4n) is 3.59. The van der Waals surface area contributed by atoms with E-state index in [1.807, 2.05) is 0 Å². The molecule has 0 aliphatic heterocycles. The molecule has 0 spiro atoms. The zero-order chi connectivity index (χ0) is 13.5. The highest BCUT2D eigenvalue weighted by molar-refractivity contribution is 4.83. The number of hydrogen-bond donors (Lipinski definition) is 2. The Morgan fingerprint density at radius 1 is 1.00 bits per heavy atom. The van der Waals surface area contributed by atoms with Crippen molar-refractivity contribution in [3.63, 3.8) is 0 Å². The predicted molar refractivity (Wildman–Crippen MR) is 80.1 cm³/mol. The SMILES string of the molecule is CCC(CC)CC(NN)C1CCC(C(C)C)CC1. The molecule has 3 N–H and O–H groups in total. The van der Waals surface area contributed by atoms with Gasteiger partial charge in [0.05, 0.1) is 0 Å². The normalized spacial score (nSPS) is 26.8. The minimum atomic E-state index is 0.544. The highest BCUT2D eigenvalue weighted by Crippen LogP contribution is 2.36. The van der Waals surface area contributed by atoms with Crippen LogP contribution in [0.2, 0.25) is 0 Å². The minimum Gasteiger partial charge on any atom is -0.271 e. The van der Waals surface area contributed by atoms with E-state index in [-0.39, 0.29) is 0 Å². The molecule has 0 heterocycles. The van der Waals surface area contributed by atoms with E-state index < -0.39 is 0 Å². The summed E-state index contributed by atoms with van der Waals surface area (Å²) in [6, 6.07) is 0.544. The Labute approximate surface area is 114 Å². The number of rotatable bonds is 7. The average molecular weight is 254 g/mol. The quantitative estimate of drug-likeness (QED) is 0.530. The first kappa shape index (κ1) is 16.0. The maximum absolute atomic E-state index is 5.81. The second-order valence-electron chi connectivity index (χ2n) is 6.61. The maximum Gasteiger partial charge on any atom is 0.0241 e. The lowest BCUT2D eigenvalue weighted by atomic mass is 9.73. The van der Waals surface area contributed by atoms with Gasteiger partial charge in [0.2, 0.25) is 0 Å². The van der Waals surface area contributed by atoms with E-state index in [1.54, 1.807) is 0 Å². The lowest BCUT2D eigenvalue weighted by Crippen LogP contribution is -2.43. The molecule has 1 rings (SSSR count). The van der Waals surface area contributed by atoms with Crippen molar-refractivity contribution >= 4 is 0 Å². The van der Waals surface area contributed by atoms with Gasteiger partial charge in [0, 0.05) is 6.04 Å². The molecule has 0 bridgehead atoms. The molecule has 18 heavy (non-hydrogen) atoms. The van der Waals surface area contributed by atoms with Crippen LogP contribution in [0.5, 0.6) is 0 Å². The standard InChI is InChI=1S/C16H34N2/c1-5-13(6-2)11-16(18-17)15-9-7-14(8-10-15)12(3)4/h12-16,18H,5-11,17H2,1-4H3. The van der Waals surface area contributed by atoms with Crippen LogP contribution in [0.3, 0.4) is 0 Å². The van der Waals surface area contributed by atoms with Crippen molar-refractivity contribution in [2.75, 3.05) is 0 Å². The Morgan fingerprint density at radius 3 is 1.89 bits per heavy atom. The molecule has 1 saturated carbocycles. The summed E-state index contributed by atoms with van der Waals surface area (Å²) in [7, 11) is 0. The van der Waals surface area contributed by atoms with Gasteiger partial charge in [-0.2, -0.15) is 0 Å². The summed E-state index contributed by atoms with van der Waals surface area (Å²) in [4.78, 5) is 0. The molecule has 108 valence electrons. The molecular formula is C16H34N2. The summed E-state index contributed by atoms with van der Waals surface area (Å²) < 4.78 is 0. The molecule has 0 aromatic carbocycles. The highest BCUT2D eigenvalue weighted by Gasteiger charge is 2.29. The van der Waals surface area contributed by atoms with E-state index in [1.165, 1.54) is 44.9 Å². The first-order valence-corrected chi connectivity index (χ1v) is 8.08. The first-order valence-electron chi connectivity index (χ1n) is 8.08. The molecule has 0 radical (unpaired) electrons. The van der Waals surface area contributed by atoms with Gasteiger partial charge in [-0.05, 0) is 55.8 Å². The molecule has 0 aromatic heterocycles. The second kappa shape index (κ2) is 8.16. The lowest BCUT2D eigenvalue weighted by molar-refractivity contribution is 0.172. The topological polar surface area (TPSA) is 38.0 Å². The molecule has 0 saturated heterocycles. The van der Waals surface area contributed by atoms with Crippen LogP contribution in [0.25, 0.3) is 0 Å². The summed E-state index contributed by atoms with van der Waals surface area (Å²) in [6.45, 7) is 9.34. The number of hydrazine groups is 1. The summed E-state index contributed by atoms with van der Waals surface area (Å²) in [5.74, 6) is 9.27. The van der Waals surface area contributed by atoms with Crippen LogP contribution in [0, 0.1) is 23.7 Å². The summed E-state index contributed by atoms with van der Waals surface area (Å²) in [6.07, 6.45) is 9.40. The Kier molecular flexibility index (Phi) is 7.25. The van der Waals surface area contributed by atoms with Crippen LogP contribution in [-0.4, -0.2) is 6.04 Å². The molecule has 1 atom stereocenters. The third-order valence-electron chi connectivity index (χ3n) is 5.28. The average Bonchev–Trinajstić information content (AvgIpc) is 2.40. The van der Waals surface area contributed by atoms with Crippen molar-refractivity contribution in [1.29, 1.82) is 0 Å². The van der Waals surface area contributed by atoms with Crippen molar-refractivity contribution in [2.45, 2.75) is 78.7 Å². The lowest BCUT2D eigenvalue weighted by Gasteiger charge is -2.36. The molecule has 2 nitrogen and oxygen atoms in total. The van der Waals surface area contributed by atoms with Gasteiger partial charge in [-0.15, -0.1) is 0 Å². The summed E-state index contributed by atoms with van der Waals surface area (Å²) in [5.41, 5.74) is 3.11. The molecule has 0 aromatic rings. The Hall–Kier alpha value is -0.0800. The van der Waals surface area contributed by atoms with Crippen LogP contribution >= 0.6 is 0 Å². The van der Waals surface area contributed by atoms with Crippen LogP contribution in [0.15, 0.2) is 0 Å². The van der Waals surface area contributed by atoms with Gasteiger partial charge in [0.15, 0.2) is 0 Å². The van der Waals surface area contributed by atoms with Gasteiger partial charge in [-0.25, -0.2) is 0 Å². The summed E-state index contributed by atoms with van der Waals surface area (Å²) >= 11 is 0. The molecule has 1 unspecified atom stereocenters. The van der Waals surface area contributed by atoms with Gasteiger partial charge in [-0.3, -0.25) is 11.3 Å². The third-order valence-corrected chi connectivity index (χ3v) is 5.28. The van der Waals surface area contributed by atoms with Crippen molar-refractivity contribution in [2.24, 2.45) is 29.5 Å². The van der Waals surface area contributed by atoms with Crippen LogP contribution in [0.1, 0.15) is 72.6 Å². The van der Waals surface area contributed by atoms with E-state index in [0.717, 1.165) is 23.7 Å². The fraction of sp³-hybridized carbons (Fsp3) is 1.00. The molecule has 0 amide bonds. The van der Waals surface area contributed by atoms with Gasteiger partial charge >= 0.3 is 0 Å². The molecule has 1 aliphatic carbocycles. The van der Waals surface area contributed by atoms with Crippen molar-refractivity contribution in [3.05, 3.63) is 0 Å². The smallest absolute Gasteiger partial charge is 0.0241 e. The van der Waals surface area contributed by atoms with E-state index >= 15 is 0 Å². The summed E-state index contributed by atoms with van der Waals surface area (Å²) in [5, 5.41) is 0. The van der Waals surface area contributed by atoms with Crippen molar-refractivity contribution in [3.8, 4) is 0 Å². The van der Waals surface area contributed by atoms with Crippen molar-refractivity contribution < 1.29 is 0 Å². The van der Waals surface area contributed by atoms with Crippen LogP contribution in [-0.2, 0) is 0 Å². The predicted octanol–water partition coefficient (Wildman–Crippen LogP) is 4.11.